The van der Waals surface area contributed by atoms with E-state index in [0.717, 1.165) is 24.0 Å². The maximum atomic E-state index is 12.6. The van der Waals surface area contributed by atoms with Crippen LogP contribution in [0, 0.1) is 0 Å². The monoisotopic (exact) mass is 340 g/mol. The molecule has 2 aromatic rings. The summed E-state index contributed by atoms with van der Waals surface area (Å²) in [7, 11) is 0. The van der Waals surface area contributed by atoms with Gasteiger partial charge in [-0.3, -0.25) is 4.79 Å². The first kappa shape index (κ1) is 15.8. The molecule has 0 bridgehead atoms. The van der Waals surface area contributed by atoms with Crippen LogP contribution >= 0.6 is 0 Å². The Kier molecular flexibility index (Phi) is 3.42. The highest BCUT2D eigenvalue weighted by Crippen LogP contribution is 2.48. The van der Waals surface area contributed by atoms with Crippen molar-refractivity contribution < 1.29 is 24.5 Å². The maximum Gasteiger partial charge on any atom is 0.174 e. The zero-order chi connectivity index (χ0) is 17.8. The summed E-state index contributed by atoms with van der Waals surface area (Å²) >= 11 is 0. The van der Waals surface area contributed by atoms with Gasteiger partial charge in [-0.25, -0.2) is 0 Å². The van der Waals surface area contributed by atoms with Gasteiger partial charge in [-0.1, -0.05) is 12.1 Å². The number of fused-ring (bicyclic) bond motifs is 3. The van der Waals surface area contributed by atoms with Gasteiger partial charge in [0.25, 0.3) is 0 Å². The summed E-state index contributed by atoms with van der Waals surface area (Å²) in [6.45, 7) is 4.00. The molecule has 1 atom stereocenters. The average Bonchev–Trinajstić information content (AvgIpc) is 2.53. The summed E-state index contributed by atoms with van der Waals surface area (Å²) in [5.41, 5.74) is 1.58. The van der Waals surface area contributed by atoms with Crippen molar-refractivity contribution in [3.05, 3.63) is 47.0 Å². The molecule has 0 aliphatic carbocycles. The molecule has 5 heteroatoms. The number of phenols is 2. The molecule has 0 aromatic heterocycles. The van der Waals surface area contributed by atoms with E-state index >= 15 is 0 Å². The van der Waals surface area contributed by atoms with Crippen LogP contribution < -0.4 is 9.47 Å². The molecular weight excluding hydrogens is 320 g/mol. The number of hydrogen-bond acceptors (Lipinski definition) is 5. The van der Waals surface area contributed by atoms with Gasteiger partial charge in [0.1, 0.15) is 40.3 Å². The highest BCUT2D eigenvalue weighted by molar-refractivity contribution is 6.03. The van der Waals surface area contributed by atoms with E-state index in [1.54, 1.807) is 24.3 Å². The first-order valence-electron chi connectivity index (χ1n) is 8.41. The molecule has 0 spiro atoms. The molecule has 25 heavy (non-hydrogen) atoms. The molecule has 5 nitrogen and oxygen atoms in total. The highest BCUT2D eigenvalue weighted by Gasteiger charge is 2.37. The van der Waals surface area contributed by atoms with Crippen LogP contribution in [0.4, 0.5) is 0 Å². The van der Waals surface area contributed by atoms with Gasteiger partial charge in [0.15, 0.2) is 5.78 Å². The molecular formula is C20H20O5. The molecule has 4 rings (SSSR count). The van der Waals surface area contributed by atoms with Gasteiger partial charge in [-0.05, 0) is 44.4 Å². The molecule has 130 valence electrons. The fourth-order valence-corrected chi connectivity index (χ4v) is 3.49. The number of carbonyl (C=O) groups excluding carboxylic acids is 1. The Labute approximate surface area is 145 Å². The van der Waals surface area contributed by atoms with Crippen LogP contribution in [0.1, 0.15) is 54.3 Å². The van der Waals surface area contributed by atoms with Gasteiger partial charge in [0, 0.05) is 11.6 Å². The molecule has 0 fully saturated rings. The van der Waals surface area contributed by atoms with Crippen molar-refractivity contribution in [3.63, 3.8) is 0 Å². The number of benzene rings is 2. The number of ketones is 1. The Hall–Kier alpha value is -2.69. The molecule has 2 N–H and O–H groups in total. The summed E-state index contributed by atoms with van der Waals surface area (Å²) in [6.07, 6.45) is 1.23. The lowest BCUT2D eigenvalue weighted by Crippen LogP contribution is -2.33. The van der Waals surface area contributed by atoms with Crippen molar-refractivity contribution >= 4 is 5.78 Å². The van der Waals surface area contributed by atoms with Gasteiger partial charge in [0.05, 0.1) is 6.42 Å². The SMILES string of the molecule is CC1(C)CCc2c(cc(O)c3c2OC(c2ccc(O)cc2)CC3=O)O1. The lowest BCUT2D eigenvalue weighted by molar-refractivity contribution is 0.0759. The van der Waals surface area contributed by atoms with Crippen molar-refractivity contribution in [2.45, 2.75) is 44.8 Å². The molecule has 1 unspecified atom stereocenters. The van der Waals surface area contributed by atoms with Crippen LogP contribution in [0.3, 0.4) is 0 Å². The molecule has 0 saturated heterocycles. The first-order chi connectivity index (χ1) is 11.8. The standard InChI is InChI=1S/C20H20O5/c1-20(2)8-7-13-17(25-20)10-15(23)18-14(22)9-16(24-19(13)18)11-3-5-12(21)6-4-11/h3-6,10,16,21,23H,7-9H2,1-2H3. The number of Topliss-reactive ketones (excluding diaryl/α,β-unsaturated/α-hetero) is 1. The lowest BCUT2D eigenvalue weighted by atomic mass is 9.88. The molecule has 0 radical (unpaired) electrons. The van der Waals surface area contributed by atoms with E-state index in [-0.39, 0.29) is 34.9 Å². The number of aromatic hydroxyl groups is 2. The van der Waals surface area contributed by atoms with E-state index in [0.29, 0.717) is 11.5 Å². The minimum atomic E-state index is -0.443. The van der Waals surface area contributed by atoms with Gasteiger partial charge >= 0.3 is 0 Å². The third kappa shape index (κ3) is 2.69. The van der Waals surface area contributed by atoms with E-state index in [1.165, 1.54) is 6.07 Å². The van der Waals surface area contributed by atoms with E-state index in [9.17, 15) is 15.0 Å². The Morgan fingerprint density at radius 1 is 1.16 bits per heavy atom. The third-order valence-corrected chi connectivity index (χ3v) is 4.86. The number of carbonyl (C=O) groups is 1. The number of hydrogen-bond donors (Lipinski definition) is 2. The second kappa shape index (κ2) is 5.41. The van der Waals surface area contributed by atoms with Crippen molar-refractivity contribution in [2.24, 2.45) is 0 Å². The summed E-state index contributed by atoms with van der Waals surface area (Å²) in [6, 6.07) is 8.15. The fraction of sp³-hybridized carbons (Fsp3) is 0.350. The largest absolute Gasteiger partial charge is 0.508 e. The topological polar surface area (TPSA) is 76.0 Å². The summed E-state index contributed by atoms with van der Waals surface area (Å²) in [5.74, 6) is 0.925. The highest BCUT2D eigenvalue weighted by atomic mass is 16.5. The van der Waals surface area contributed by atoms with Crippen molar-refractivity contribution in [1.29, 1.82) is 0 Å². The van der Waals surface area contributed by atoms with Crippen LogP contribution in [0.5, 0.6) is 23.0 Å². The van der Waals surface area contributed by atoms with Gasteiger partial charge < -0.3 is 19.7 Å². The third-order valence-electron chi connectivity index (χ3n) is 4.86. The maximum absolute atomic E-state index is 12.6. The summed E-state index contributed by atoms with van der Waals surface area (Å²) < 4.78 is 12.1. The summed E-state index contributed by atoms with van der Waals surface area (Å²) in [5, 5.41) is 19.8. The molecule has 2 aliphatic heterocycles. The first-order valence-corrected chi connectivity index (χ1v) is 8.41. The molecule has 2 aliphatic rings. The van der Waals surface area contributed by atoms with E-state index in [1.807, 2.05) is 13.8 Å². The summed E-state index contributed by atoms with van der Waals surface area (Å²) in [4.78, 5) is 12.6. The Morgan fingerprint density at radius 3 is 2.60 bits per heavy atom. The zero-order valence-electron chi connectivity index (χ0n) is 14.2. The number of rotatable bonds is 1. The molecule has 2 aromatic carbocycles. The van der Waals surface area contributed by atoms with Crippen LogP contribution in [0.25, 0.3) is 0 Å². The number of ether oxygens (including phenoxy) is 2. The van der Waals surface area contributed by atoms with Gasteiger partial charge in [0.2, 0.25) is 0 Å². The van der Waals surface area contributed by atoms with Gasteiger partial charge in [-0.2, -0.15) is 0 Å². The smallest absolute Gasteiger partial charge is 0.174 e. The average molecular weight is 340 g/mol. The normalized spacial score (nSPS) is 20.9. The predicted octanol–water partition coefficient (Wildman–Crippen LogP) is 3.91. The van der Waals surface area contributed by atoms with Crippen LogP contribution in [-0.4, -0.2) is 21.6 Å². The zero-order valence-corrected chi connectivity index (χ0v) is 14.2. The quantitative estimate of drug-likeness (QED) is 0.823. The van der Waals surface area contributed by atoms with E-state index < -0.39 is 6.10 Å². The molecule has 0 saturated carbocycles. The van der Waals surface area contributed by atoms with E-state index in [4.69, 9.17) is 9.47 Å². The second-order valence-electron chi connectivity index (χ2n) is 7.26. The lowest BCUT2D eigenvalue weighted by Gasteiger charge is -2.36. The Bertz CT molecular complexity index is 851. The minimum absolute atomic E-state index is 0.0967. The van der Waals surface area contributed by atoms with Crippen molar-refractivity contribution in [3.8, 4) is 23.0 Å². The van der Waals surface area contributed by atoms with Crippen LogP contribution in [-0.2, 0) is 6.42 Å². The fourth-order valence-electron chi connectivity index (χ4n) is 3.49. The molecule has 0 amide bonds. The van der Waals surface area contributed by atoms with Crippen molar-refractivity contribution in [1.82, 2.24) is 0 Å². The Balaban J connectivity index is 1.78. The predicted molar refractivity (Wildman–Crippen MR) is 91.6 cm³/mol. The van der Waals surface area contributed by atoms with Crippen LogP contribution in [0.2, 0.25) is 0 Å². The minimum Gasteiger partial charge on any atom is -0.508 e. The second-order valence-corrected chi connectivity index (χ2v) is 7.26. The Morgan fingerprint density at radius 2 is 1.88 bits per heavy atom. The molecule has 2 heterocycles. The van der Waals surface area contributed by atoms with Crippen molar-refractivity contribution in [2.75, 3.05) is 0 Å². The number of phenolic OH excluding ortho intramolecular Hbond substituents is 2. The van der Waals surface area contributed by atoms with E-state index in [2.05, 4.69) is 0 Å². The van der Waals surface area contributed by atoms with Gasteiger partial charge in [-0.15, -0.1) is 0 Å². The van der Waals surface area contributed by atoms with Crippen LogP contribution in [0.15, 0.2) is 30.3 Å².